The van der Waals surface area contributed by atoms with E-state index in [0.717, 1.165) is 23.3 Å². The van der Waals surface area contributed by atoms with Gasteiger partial charge in [0.15, 0.2) is 5.78 Å². The van der Waals surface area contributed by atoms with Crippen molar-refractivity contribution in [2.75, 3.05) is 19.5 Å². The van der Waals surface area contributed by atoms with E-state index in [0.29, 0.717) is 23.9 Å². The fraction of sp³-hybridized carbons (Fsp3) is 0.286. The Hall–Kier alpha value is -3.13. The Bertz CT molecular complexity index is 1100. The Morgan fingerprint density at radius 3 is 2.86 bits per heavy atom. The van der Waals surface area contributed by atoms with Crippen molar-refractivity contribution < 1.29 is 14.3 Å². The van der Waals surface area contributed by atoms with Gasteiger partial charge in [-0.05, 0) is 36.1 Å². The molecule has 0 bridgehead atoms. The zero-order valence-electron chi connectivity index (χ0n) is 16.1. The van der Waals surface area contributed by atoms with E-state index in [2.05, 4.69) is 26.8 Å². The van der Waals surface area contributed by atoms with Gasteiger partial charge < -0.3 is 14.8 Å². The molecule has 1 aliphatic heterocycles. The lowest BCUT2D eigenvalue weighted by Gasteiger charge is -2.35. The average Bonchev–Trinajstić information content (AvgIpc) is 3.43. The quantitative estimate of drug-likeness (QED) is 0.708. The van der Waals surface area contributed by atoms with E-state index in [1.807, 2.05) is 24.3 Å². The van der Waals surface area contributed by atoms with Crippen LogP contribution in [-0.2, 0) is 4.79 Å². The van der Waals surface area contributed by atoms with Crippen molar-refractivity contribution in [1.29, 1.82) is 0 Å². The summed E-state index contributed by atoms with van der Waals surface area (Å²) in [6, 6.07) is 9.32. The summed E-state index contributed by atoms with van der Waals surface area (Å²) in [5.41, 5.74) is 2.47. The molecule has 0 saturated heterocycles. The molecule has 0 fully saturated rings. The summed E-state index contributed by atoms with van der Waals surface area (Å²) in [4.78, 5) is 19.0. The van der Waals surface area contributed by atoms with Crippen molar-refractivity contribution in [1.82, 2.24) is 14.8 Å². The maximum absolute atomic E-state index is 13.4. The number of thiophene rings is 1. The third-order valence-electron chi connectivity index (χ3n) is 5.54. The molecule has 2 aliphatic rings. The number of Topliss-reactive ketones (excluding diaryl/α,β-unsaturated/α-hetero) is 1. The monoisotopic (exact) mass is 408 g/mol. The smallest absolute Gasteiger partial charge is 0.226 e. The molecule has 0 saturated carbocycles. The van der Waals surface area contributed by atoms with E-state index < -0.39 is 6.04 Å². The minimum Gasteiger partial charge on any atom is -0.497 e. The molecule has 0 radical (unpaired) electrons. The lowest BCUT2D eigenvalue weighted by molar-refractivity contribution is -0.116. The van der Waals surface area contributed by atoms with Crippen LogP contribution in [0.1, 0.15) is 35.2 Å². The minimum atomic E-state index is -0.411. The Labute approximate surface area is 172 Å². The van der Waals surface area contributed by atoms with E-state index in [9.17, 15) is 4.79 Å². The number of anilines is 1. The molecule has 1 N–H and O–H groups in total. The average molecular weight is 408 g/mol. The molecule has 148 valence electrons. The van der Waals surface area contributed by atoms with Crippen LogP contribution < -0.4 is 14.8 Å². The number of nitrogens with one attached hydrogen (secondary N) is 1. The molecule has 1 aromatic carbocycles. The van der Waals surface area contributed by atoms with Gasteiger partial charge in [0.25, 0.3) is 0 Å². The number of rotatable bonds is 4. The first-order valence-electron chi connectivity index (χ1n) is 9.37. The molecule has 2 atom stereocenters. The zero-order valence-corrected chi connectivity index (χ0v) is 16.9. The normalized spacial score (nSPS) is 20.7. The topological polar surface area (TPSA) is 78.3 Å². The maximum Gasteiger partial charge on any atom is 0.226 e. The Morgan fingerprint density at radius 2 is 2.10 bits per heavy atom. The van der Waals surface area contributed by atoms with Gasteiger partial charge in [-0.1, -0.05) is 6.07 Å². The van der Waals surface area contributed by atoms with Gasteiger partial charge in [-0.2, -0.15) is 10.1 Å². The number of fused-ring (bicyclic) bond motifs is 1. The van der Waals surface area contributed by atoms with Gasteiger partial charge in [0.1, 0.15) is 23.9 Å². The molecule has 0 amide bonds. The Balaban J connectivity index is 1.66. The standard InChI is InChI=1S/C21H20N4O3S/c1-27-13-5-6-17(28-2)14(10-13)20-19-15(24-21-22-11-23-25(20)21)8-12(9-16(19)26)18-4-3-7-29-18/h3-7,10-12,20H,8-9H2,1-2H3,(H,22,23,24)/t12-,20+/m1/s1. The Morgan fingerprint density at radius 1 is 1.21 bits per heavy atom. The maximum atomic E-state index is 13.4. The van der Waals surface area contributed by atoms with E-state index in [1.165, 1.54) is 11.2 Å². The number of ketones is 1. The van der Waals surface area contributed by atoms with Gasteiger partial charge >= 0.3 is 0 Å². The molecule has 29 heavy (non-hydrogen) atoms. The van der Waals surface area contributed by atoms with Gasteiger partial charge in [-0.25, -0.2) is 4.68 Å². The fourth-order valence-electron chi connectivity index (χ4n) is 4.22. The highest BCUT2D eigenvalue weighted by Gasteiger charge is 2.40. The van der Waals surface area contributed by atoms with Gasteiger partial charge in [-0.15, -0.1) is 11.3 Å². The molecule has 5 rings (SSSR count). The van der Waals surface area contributed by atoms with E-state index >= 15 is 0 Å². The highest BCUT2D eigenvalue weighted by molar-refractivity contribution is 7.10. The number of carbonyl (C=O) groups is 1. The summed E-state index contributed by atoms with van der Waals surface area (Å²) in [6.45, 7) is 0. The highest BCUT2D eigenvalue weighted by Crippen LogP contribution is 2.46. The van der Waals surface area contributed by atoms with Crippen LogP contribution in [0.3, 0.4) is 0 Å². The van der Waals surface area contributed by atoms with E-state index in [-0.39, 0.29) is 11.7 Å². The molecule has 3 aromatic rings. The van der Waals surface area contributed by atoms with Crippen molar-refractivity contribution >= 4 is 23.1 Å². The lowest BCUT2D eigenvalue weighted by Crippen LogP contribution is -2.33. The first-order valence-corrected chi connectivity index (χ1v) is 10.3. The second-order valence-corrected chi connectivity index (χ2v) is 8.08. The summed E-state index contributed by atoms with van der Waals surface area (Å²) < 4.78 is 12.8. The third kappa shape index (κ3) is 2.91. The number of methoxy groups -OCH3 is 2. The van der Waals surface area contributed by atoms with Crippen molar-refractivity contribution in [3.8, 4) is 11.5 Å². The second kappa shape index (κ2) is 7.04. The van der Waals surface area contributed by atoms with E-state index in [1.54, 1.807) is 30.2 Å². The molecule has 0 spiro atoms. The number of nitrogens with zero attached hydrogens (tertiary/aromatic N) is 3. The van der Waals surface area contributed by atoms with Crippen LogP contribution in [0.2, 0.25) is 0 Å². The number of ether oxygens (including phenoxy) is 2. The summed E-state index contributed by atoms with van der Waals surface area (Å²) in [5, 5.41) is 9.80. The summed E-state index contributed by atoms with van der Waals surface area (Å²) >= 11 is 1.69. The molecule has 7 nitrogen and oxygen atoms in total. The third-order valence-corrected chi connectivity index (χ3v) is 6.57. The molecule has 8 heteroatoms. The zero-order chi connectivity index (χ0) is 20.0. The van der Waals surface area contributed by atoms with E-state index in [4.69, 9.17) is 9.47 Å². The van der Waals surface area contributed by atoms with Crippen LogP contribution in [0.4, 0.5) is 5.95 Å². The second-order valence-electron chi connectivity index (χ2n) is 7.10. The summed E-state index contributed by atoms with van der Waals surface area (Å²) in [5.74, 6) is 2.30. The molecule has 2 aromatic heterocycles. The van der Waals surface area contributed by atoms with Crippen LogP contribution in [0, 0.1) is 0 Å². The number of hydrogen-bond donors (Lipinski definition) is 1. The van der Waals surface area contributed by atoms with Gasteiger partial charge in [0.05, 0.1) is 14.2 Å². The summed E-state index contributed by atoms with van der Waals surface area (Å²) in [7, 11) is 3.25. The predicted octanol–water partition coefficient (Wildman–Crippen LogP) is 3.77. The SMILES string of the molecule is COc1ccc(OC)c([C@H]2C3=C(C[C@@H](c4cccs4)CC3=O)Nc3ncnn32)c1. The first kappa shape index (κ1) is 17.9. The van der Waals surface area contributed by atoms with Crippen molar-refractivity contribution in [2.24, 2.45) is 0 Å². The number of allylic oxidation sites excluding steroid dienone is 2. The number of benzene rings is 1. The summed E-state index contributed by atoms with van der Waals surface area (Å²) in [6.07, 6.45) is 2.74. The van der Waals surface area contributed by atoms with Crippen molar-refractivity contribution in [3.05, 3.63) is 63.7 Å². The van der Waals surface area contributed by atoms with Gasteiger partial charge in [-0.3, -0.25) is 4.79 Å². The van der Waals surface area contributed by atoms with Crippen molar-refractivity contribution in [3.63, 3.8) is 0 Å². The first-order chi connectivity index (χ1) is 14.2. The van der Waals surface area contributed by atoms with Gasteiger partial charge in [0, 0.05) is 34.0 Å². The molecule has 0 unspecified atom stereocenters. The highest BCUT2D eigenvalue weighted by atomic mass is 32.1. The fourth-order valence-corrected chi connectivity index (χ4v) is 5.05. The predicted molar refractivity (Wildman–Crippen MR) is 110 cm³/mol. The molecular formula is C21H20N4O3S. The molecule has 1 aliphatic carbocycles. The minimum absolute atomic E-state index is 0.119. The molecule has 3 heterocycles. The van der Waals surface area contributed by atoms with Crippen LogP contribution >= 0.6 is 11.3 Å². The lowest BCUT2D eigenvalue weighted by atomic mass is 9.80. The Kier molecular flexibility index (Phi) is 4.35. The molecular weight excluding hydrogens is 388 g/mol. The van der Waals surface area contributed by atoms with Gasteiger partial charge in [0.2, 0.25) is 5.95 Å². The van der Waals surface area contributed by atoms with Crippen LogP contribution in [0.15, 0.2) is 53.3 Å². The largest absolute Gasteiger partial charge is 0.497 e. The number of hydrogen-bond acceptors (Lipinski definition) is 7. The van der Waals surface area contributed by atoms with Crippen molar-refractivity contribution in [2.45, 2.75) is 24.8 Å². The number of aromatic nitrogens is 3. The van der Waals surface area contributed by atoms with Crippen LogP contribution in [0.5, 0.6) is 11.5 Å². The van der Waals surface area contributed by atoms with Crippen LogP contribution in [-0.4, -0.2) is 34.8 Å². The number of carbonyl (C=O) groups excluding carboxylic acids is 1. The van der Waals surface area contributed by atoms with Crippen LogP contribution in [0.25, 0.3) is 0 Å².